The average Bonchev–Trinajstić information content (AvgIpc) is 2.84. The third-order valence-corrected chi connectivity index (χ3v) is 3.29. The van der Waals surface area contributed by atoms with Gasteiger partial charge in [0.2, 0.25) is 0 Å². The molecule has 5 heteroatoms. The summed E-state index contributed by atoms with van der Waals surface area (Å²) in [4.78, 5) is 12.2. The van der Waals surface area contributed by atoms with E-state index in [1.807, 2.05) is 12.1 Å². The second kappa shape index (κ2) is 6.15. The zero-order valence-corrected chi connectivity index (χ0v) is 10.7. The number of benzene rings is 1. The van der Waals surface area contributed by atoms with Gasteiger partial charge in [-0.2, -0.15) is 0 Å². The minimum Gasteiger partial charge on any atom is -0.488 e. The van der Waals surface area contributed by atoms with E-state index in [9.17, 15) is 9.18 Å². The van der Waals surface area contributed by atoms with Crippen LogP contribution in [0.1, 0.15) is 9.75 Å². The molecule has 0 radical (unpaired) electrons. The molecule has 3 nitrogen and oxygen atoms in total. The average molecular weight is 278 g/mol. The van der Waals surface area contributed by atoms with Crippen LogP contribution >= 0.6 is 11.3 Å². The molecular formula is C14H11FO3S. The predicted octanol–water partition coefficient (Wildman–Crippen LogP) is 3.56. The number of aliphatic carboxylic acids is 1. The number of carboxylic acids is 1. The Kier molecular flexibility index (Phi) is 4.30. The highest BCUT2D eigenvalue weighted by Gasteiger charge is 2.00. The van der Waals surface area contributed by atoms with Crippen molar-refractivity contribution in [2.24, 2.45) is 0 Å². The van der Waals surface area contributed by atoms with Crippen molar-refractivity contribution in [1.29, 1.82) is 0 Å². The van der Waals surface area contributed by atoms with Gasteiger partial charge in [0, 0.05) is 15.8 Å². The van der Waals surface area contributed by atoms with Crippen LogP contribution in [-0.2, 0) is 11.4 Å². The second-order valence-corrected chi connectivity index (χ2v) is 4.92. The summed E-state index contributed by atoms with van der Waals surface area (Å²) in [5, 5.41) is 8.52. The van der Waals surface area contributed by atoms with Crippen LogP contribution < -0.4 is 4.74 Å². The first-order valence-corrected chi connectivity index (χ1v) is 6.33. The Bertz CT molecular complexity index is 587. The minimum atomic E-state index is -0.975. The lowest BCUT2D eigenvalue weighted by Gasteiger charge is -2.03. The Balaban J connectivity index is 1.93. The third kappa shape index (κ3) is 4.22. The Hall–Kier alpha value is -2.14. The molecule has 0 bridgehead atoms. The van der Waals surface area contributed by atoms with Crippen LogP contribution in [0.5, 0.6) is 5.75 Å². The van der Waals surface area contributed by atoms with Gasteiger partial charge in [0.25, 0.3) is 0 Å². The minimum absolute atomic E-state index is 0.301. The highest BCUT2D eigenvalue weighted by Crippen LogP contribution is 2.20. The van der Waals surface area contributed by atoms with Crippen molar-refractivity contribution in [3.63, 3.8) is 0 Å². The molecule has 2 rings (SSSR count). The highest BCUT2D eigenvalue weighted by molar-refractivity contribution is 7.12. The van der Waals surface area contributed by atoms with Gasteiger partial charge in [-0.15, -0.1) is 11.3 Å². The molecule has 0 saturated heterocycles. The lowest BCUT2D eigenvalue weighted by Crippen LogP contribution is -1.92. The summed E-state index contributed by atoms with van der Waals surface area (Å²) >= 11 is 1.45. The quantitative estimate of drug-likeness (QED) is 0.850. The number of thiophene rings is 1. The second-order valence-electron chi connectivity index (χ2n) is 3.72. The molecule has 0 aliphatic rings. The van der Waals surface area contributed by atoms with Crippen LogP contribution in [0.25, 0.3) is 6.08 Å². The first-order valence-electron chi connectivity index (χ1n) is 5.51. The normalized spacial score (nSPS) is 10.8. The molecule has 0 atom stereocenters. The molecule has 0 amide bonds. The smallest absolute Gasteiger partial charge is 0.328 e. The maximum absolute atomic E-state index is 12.7. The number of hydrogen-bond donors (Lipinski definition) is 1. The lowest BCUT2D eigenvalue weighted by atomic mass is 10.3. The Labute approximate surface area is 113 Å². The van der Waals surface area contributed by atoms with E-state index in [1.54, 1.807) is 12.1 Å². The van der Waals surface area contributed by atoms with E-state index >= 15 is 0 Å². The van der Waals surface area contributed by atoms with Crippen LogP contribution in [-0.4, -0.2) is 11.1 Å². The van der Waals surface area contributed by atoms with Crippen molar-refractivity contribution in [2.45, 2.75) is 6.61 Å². The number of ether oxygens (including phenoxy) is 1. The summed E-state index contributed by atoms with van der Waals surface area (Å²) in [7, 11) is 0. The van der Waals surface area contributed by atoms with E-state index < -0.39 is 5.97 Å². The molecule has 0 unspecified atom stereocenters. The lowest BCUT2D eigenvalue weighted by molar-refractivity contribution is -0.131. The number of carboxylic acid groups (broad SMARTS) is 1. The van der Waals surface area contributed by atoms with Gasteiger partial charge in [-0.25, -0.2) is 9.18 Å². The van der Waals surface area contributed by atoms with Gasteiger partial charge in [-0.3, -0.25) is 0 Å². The largest absolute Gasteiger partial charge is 0.488 e. The molecule has 1 aromatic heterocycles. The standard InChI is InChI=1S/C14H11FO3S/c15-10-1-3-11(4-2-10)18-9-13-6-5-12(19-13)7-8-14(16)17/h1-8H,9H2,(H,16,17). The van der Waals surface area contributed by atoms with Crippen molar-refractivity contribution < 1.29 is 19.0 Å². The van der Waals surface area contributed by atoms with Crippen LogP contribution in [0.2, 0.25) is 0 Å². The van der Waals surface area contributed by atoms with Crippen molar-refractivity contribution in [1.82, 2.24) is 0 Å². The zero-order valence-electron chi connectivity index (χ0n) is 9.88. The summed E-state index contributed by atoms with van der Waals surface area (Å²) in [5.41, 5.74) is 0. The van der Waals surface area contributed by atoms with Crippen molar-refractivity contribution in [3.8, 4) is 5.75 Å². The molecule has 2 aromatic rings. The van der Waals surface area contributed by atoms with Crippen LogP contribution in [0, 0.1) is 5.82 Å². The van der Waals surface area contributed by atoms with Crippen LogP contribution in [0.4, 0.5) is 4.39 Å². The number of carbonyl (C=O) groups is 1. The van der Waals surface area contributed by atoms with E-state index in [0.29, 0.717) is 12.4 Å². The molecule has 19 heavy (non-hydrogen) atoms. The van der Waals surface area contributed by atoms with Crippen molar-refractivity contribution >= 4 is 23.4 Å². The van der Waals surface area contributed by atoms with E-state index in [-0.39, 0.29) is 5.82 Å². The molecule has 0 saturated carbocycles. The maximum Gasteiger partial charge on any atom is 0.328 e. The topological polar surface area (TPSA) is 46.5 Å². The van der Waals surface area contributed by atoms with Crippen molar-refractivity contribution in [2.75, 3.05) is 0 Å². The Morgan fingerprint density at radius 1 is 1.26 bits per heavy atom. The number of rotatable bonds is 5. The highest BCUT2D eigenvalue weighted by atomic mass is 32.1. The summed E-state index contributed by atoms with van der Waals surface area (Å²) in [6.07, 6.45) is 2.63. The Morgan fingerprint density at radius 2 is 2.00 bits per heavy atom. The van der Waals surface area contributed by atoms with Gasteiger partial charge in [-0.1, -0.05) is 0 Å². The van der Waals surface area contributed by atoms with Crippen molar-refractivity contribution in [3.05, 3.63) is 58.0 Å². The maximum atomic E-state index is 12.7. The molecule has 0 aliphatic carbocycles. The first-order chi connectivity index (χ1) is 9.13. The molecule has 0 spiro atoms. The number of hydrogen-bond acceptors (Lipinski definition) is 3. The summed E-state index contributed by atoms with van der Waals surface area (Å²) in [5.74, 6) is -0.681. The fourth-order valence-corrected chi connectivity index (χ4v) is 2.23. The Morgan fingerprint density at radius 3 is 2.68 bits per heavy atom. The fraction of sp³-hybridized carbons (Fsp3) is 0.0714. The molecule has 0 aliphatic heterocycles. The predicted molar refractivity (Wildman–Crippen MR) is 71.7 cm³/mol. The molecule has 1 heterocycles. The molecule has 1 N–H and O–H groups in total. The molecule has 98 valence electrons. The monoisotopic (exact) mass is 278 g/mol. The molecular weight excluding hydrogens is 267 g/mol. The van der Waals surface area contributed by atoms with Gasteiger partial charge in [0.15, 0.2) is 0 Å². The van der Waals surface area contributed by atoms with Gasteiger partial charge in [0.05, 0.1) is 0 Å². The first kappa shape index (κ1) is 13.3. The summed E-state index contributed by atoms with van der Waals surface area (Å²) in [6.45, 7) is 0.372. The summed E-state index contributed by atoms with van der Waals surface area (Å²) < 4.78 is 18.2. The SMILES string of the molecule is O=C(O)C=Cc1ccc(COc2ccc(F)cc2)s1. The van der Waals surface area contributed by atoms with Crippen LogP contribution in [0.15, 0.2) is 42.5 Å². The fourth-order valence-electron chi connectivity index (χ4n) is 1.40. The zero-order chi connectivity index (χ0) is 13.7. The van der Waals surface area contributed by atoms with E-state index in [1.165, 1.54) is 29.5 Å². The molecule has 0 fully saturated rings. The van der Waals surface area contributed by atoms with Crippen LogP contribution in [0.3, 0.4) is 0 Å². The van der Waals surface area contributed by atoms with E-state index in [4.69, 9.17) is 9.84 Å². The van der Waals surface area contributed by atoms with Gasteiger partial charge in [0.1, 0.15) is 18.2 Å². The van der Waals surface area contributed by atoms with Gasteiger partial charge < -0.3 is 9.84 Å². The van der Waals surface area contributed by atoms with Gasteiger partial charge in [-0.05, 0) is 42.5 Å². The third-order valence-electron chi connectivity index (χ3n) is 2.27. The molecule has 1 aromatic carbocycles. The summed E-state index contributed by atoms with van der Waals surface area (Å²) in [6, 6.07) is 9.50. The van der Waals surface area contributed by atoms with E-state index in [0.717, 1.165) is 15.8 Å². The van der Waals surface area contributed by atoms with Gasteiger partial charge >= 0.3 is 5.97 Å². The number of halogens is 1. The van der Waals surface area contributed by atoms with E-state index in [2.05, 4.69) is 0 Å².